The molecule has 0 bridgehead atoms. The third-order valence-corrected chi connectivity index (χ3v) is 3.28. The fourth-order valence-electron chi connectivity index (χ4n) is 2.03. The SMILES string of the molecule is C[C@@H](Oc1ccc(F)c(F)c1)C(=O)N[C@H](C(N)=O)c1ccccc1. The van der Waals surface area contributed by atoms with Gasteiger partial charge in [-0.1, -0.05) is 30.3 Å². The van der Waals surface area contributed by atoms with Gasteiger partial charge in [-0.2, -0.15) is 0 Å². The highest BCUT2D eigenvalue weighted by atomic mass is 19.2. The molecular formula is C17H16F2N2O3. The van der Waals surface area contributed by atoms with Crippen molar-refractivity contribution in [1.29, 1.82) is 0 Å². The van der Waals surface area contributed by atoms with Gasteiger partial charge in [-0.15, -0.1) is 0 Å². The monoisotopic (exact) mass is 334 g/mol. The minimum atomic E-state index is -1.08. The van der Waals surface area contributed by atoms with Gasteiger partial charge in [0.1, 0.15) is 11.8 Å². The Bertz CT molecular complexity index is 738. The number of hydrogen-bond acceptors (Lipinski definition) is 3. The largest absolute Gasteiger partial charge is 0.481 e. The second-order valence-corrected chi connectivity index (χ2v) is 5.09. The summed E-state index contributed by atoms with van der Waals surface area (Å²) in [4.78, 5) is 23.7. The first-order chi connectivity index (χ1) is 11.4. The fourth-order valence-corrected chi connectivity index (χ4v) is 2.03. The summed E-state index contributed by atoms with van der Waals surface area (Å²) in [5, 5.41) is 2.47. The number of primary amides is 1. The number of halogens is 2. The molecule has 0 aliphatic heterocycles. The van der Waals surface area contributed by atoms with Gasteiger partial charge in [-0.25, -0.2) is 8.78 Å². The van der Waals surface area contributed by atoms with Crippen molar-refractivity contribution in [2.75, 3.05) is 0 Å². The molecule has 0 saturated carbocycles. The topological polar surface area (TPSA) is 81.4 Å². The van der Waals surface area contributed by atoms with Crippen LogP contribution < -0.4 is 15.8 Å². The molecule has 0 heterocycles. The van der Waals surface area contributed by atoms with Crippen LogP contribution in [0.1, 0.15) is 18.5 Å². The average molecular weight is 334 g/mol. The van der Waals surface area contributed by atoms with E-state index in [4.69, 9.17) is 10.5 Å². The van der Waals surface area contributed by atoms with Crippen LogP contribution in [0.3, 0.4) is 0 Å². The molecule has 2 aromatic carbocycles. The van der Waals surface area contributed by atoms with E-state index in [1.165, 1.54) is 13.0 Å². The van der Waals surface area contributed by atoms with Gasteiger partial charge < -0.3 is 15.8 Å². The third-order valence-electron chi connectivity index (χ3n) is 3.28. The fraction of sp³-hybridized carbons (Fsp3) is 0.176. The van der Waals surface area contributed by atoms with Crippen molar-refractivity contribution in [2.24, 2.45) is 5.73 Å². The van der Waals surface area contributed by atoms with Gasteiger partial charge in [-0.05, 0) is 24.6 Å². The van der Waals surface area contributed by atoms with Crippen LogP contribution >= 0.6 is 0 Å². The first-order valence-electron chi connectivity index (χ1n) is 7.15. The number of amides is 2. The molecule has 0 spiro atoms. The maximum absolute atomic E-state index is 13.2. The summed E-state index contributed by atoms with van der Waals surface area (Å²) in [6, 6.07) is 10.4. The van der Waals surface area contributed by atoms with E-state index in [1.54, 1.807) is 30.3 Å². The highest BCUT2D eigenvalue weighted by Crippen LogP contribution is 2.17. The number of carbonyl (C=O) groups excluding carboxylic acids is 2. The Labute approximate surface area is 137 Å². The summed E-state index contributed by atoms with van der Waals surface area (Å²) in [7, 11) is 0. The summed E-state index contributed by atoms with van der Waals surface area (Å²) >= 11 is 0. The van der Waals surface area contributed by atoms with E-state index in [-0.39, 0.29) is 5.75 Å². The zero-order valence-corrected chi connectivity index (χ0v) is 12.8. The van der Waals surface area contributed by atoms with Crippen LogP contribution in [0.25, 0.3) is 0 Å². The van der Waals surface area contributed by atoms with Crippen molar-refractivity contribution >= 4 is 11.8 Å². The van der Waals surface area contributed by atoms with E-state index in [2.05, 4.69) is 5.32 Å². The predicted molar refractivity (Wildman–Crippen MR) is 83.0 cm³/mol. The van der Waals surface area contributed by atoms with Crippen molar-refractivity contribution in [3.8, 4) is 5.75 Å². The van der Waals surface area contributed by atoms with E-state index in [0.29, 0.717) is 5.56 Å². The van der Waals surface area contributed by atoms with Crippen LogP contribution in [0.4, 0.5) is 8.78 Å². The number of nitrogens with one attached hydrogen (secondary N) is 1. The Morgan fingerprint density at radius 1 is 1.08 bits per heavy atom. The molecule has 0 unspecified atom stereocenters. The van der Waals surface area contributed by atoms with Gasteiger partial charge >= 0.3 is 0 Å². The number of nitrogens with two attached hydrogens (primary N) is 1. The van der Waals surface area contributed by atoms with E-state index in [0.717, 1.165) is 12.1 Å². The normalized spacial score (nSPS) is 13.0. The minimum absolute atomic E-state index is 0.00751. The summed E-state index contributed by atoms with van der Waals surface area (Å²) in [5.41, 5.74) is 5.85. The molecule has 0 aromatic heterocycles. The van der Waals surface area contributed by atoms with Crippen molar-refractivity contribution < 1.29 is 23.1 Å². The van der Waals surface area contributed by atoms with Gasteiger partial charge in [0.15, 0.2) is 17.7 Å². The van der Waals surface area contributed by atoms with E-state index in [9.17, 15) is 18.4 Å². The third kappa shape index (κ3) is 4.28. The predicted octanol–water partition coefficient (Wildman–Crippen LogP) is 2.07. The lowest BCUT2D eigenvalue weighted by Crippen LogP contribution is -2.43. The molecule has 0 aliphatic rings. The van der Waals surface area contributed by atoms with Gasteiger partial charge in [-0.3, -0.25) is 9.59 Å². The molecule has 126 valence electrons. The van der Waals surface area contributed by atoms with Crippen molar-refractivity contribution in [3.63, 3.8) is 0 Å². The van der Waals surface area contributed by atoms with Crippen molar-refractivity contribution in [3.05, 3.63) is 65.7 Å². The Morgan fingerprint density at radius 2 is 1.75 bits per heavy atom. The summed E-state index contributed by atoms with van der Waals surface area (Å²) in [6.45, 7) is 1.42. The first kappa shape index (κ1) is 17.4. The summed E-state index contributed by atoms with van der Waals surface area (Å²) in [6.07, 6.45) is -1.04. The van der Waals surface area contributed by atoms with Gasteiger partial charge in [0.05, 0.1) is 0 Å². The van der Waals surface area contributed by atoms with Gasteiger partial charge in [0.2, 0.25) is 5.91 Å². The molecule has 0 radical (unpaired) electrons. The molecule has 0 aliphatic carbocycles. The molecule has 2 aromatic rings. The summed E-state index contributed by atoms with van der Waals surface area (Å²) in [5.74, 6) is -3.45. The van der Waals surface area contributed by atoms with Crippen molar-refractivity contribution in [2.45, 2.75) is 19.1 Å². The molecule has 5 nitrogen and oxygen atoms in total. The maximum Gasteiger partial charge on any atom is 0.261 e. The van der Waals surface area contributed by atoms with Crippen LogP contribution in [-0.4, -0.2) is 17.9 Å². The Kier molecular flexibility index (Phi) is 5.47. The second-order valence-electron chi connectivity index (χ2n) is 5.09. The second kappa shape index (κ2) is 7.54. The minimum Gasteiger partial charge on any atom is -0.481 e. The van der Waals surface area contributed by atoms with Crippen LogP contribution in [-0.2, 0) is 9.59 Å². The van der Waals surface area contributed by atoms with E-state index >= 15 is 0 Å². The van der Waals surface area contributed by atoms with Gasteiger partial charge in [0.25, 0.3) is 5.91 Å². The molecule has 2 atom stereocenters. The lowest BCUT2D eigenvalue weighted by molar-refractivity contribution is -0.131. The standard InChI is InChI=1S/C17H16F2N2O3/c1-10(24-12-7-8-13(18)14(19)9-12)17(23)21-15(16(20)22)11-5-3-2-4-6-11/h2-10,15H,1H3,(H2,20,22)(H,21,23)/t10-,15+/m1/s1. The maximum atomic E-state index is 13.2. The first-order valence-corrected chi connectivity index (χ1v) is 7.15. The van der Waals surface area contributed by atoms with Crippen LogP contribution in [0.2, 0.25) is 0 Å². The molecule has 0 saturated heterocycles. The van der Waals surface area contributed by atoms with Crippen LogP contribution in [0.5, 0.6) is 5.75 Å². The quantitative estimate of drug-likeness (QED) is 0.848. The number of carbonyl (C=O) groups is 2. The smallest absolute Gasteiger partial charge is 0.261 e. The highest BCUT2D eigenvalue weighted by Gasteiger charge is 2.24. The number of rotatable bonds is 6. The Hall–Kier alpha value is -2.96. The van der Waals surface area contributed by atoms with E-state index < -0.39 is 35.6 Å². The van der Waals surface area contributed by atoms with Crippen LogP contribution in [0, 0.1) is 11.6 Å². The number of ether oxygens (including phenoxy) is 1. The van der Waals surface area contributed by atoms with E-state index in [1.807, 2.05) is 0 Å². The Balaban J connectivity index is 2.06. The molecule has 2 rings (SSSR count). The molecule has 3 N–H and O–H groups in total. The summed E-state index contributed by atoms with van der Waals surface area (Å²) < 4.78 is 31.3. The number of hydrogen-bond donors (Lipinski definition) is 2. The zero-order valence-electron chi connectivity index (χ0n) is 12.8. The highest BCUT2D eigenvalue weighted by molar-refractivity contribution is 5.89. The number of benzene rings is 2. The molecule has 2 amide bonds. The average Bonchev–Trinajstić information content (AvgIpc) is 2.56. The van der Waals surface area contributed by atoms with Crippen molar-refractivity contribution in [1.82, 2.24) is 5.32 Å². The Morgan fingerprint density at radius 3 is 2.33 bits per heavy atom. The molecular weight excluding hydrogens is 318 g/mol. The van der Waals surface area contributed by atoms with Gasteiger partial charge in [0, 0.05) is 6.07 Å². The lowest BCUT2D eigenvalue weighted by atomic mass is 10.1. The molecule has 7 heteroatoms. The zero-order chi connectivity index (χ0) is 17.7. The van der Waals surface area contributed by atoms with Crippen LogP contribution in [0.15, 0.2) is 48.5 Å². The molecule has 24 heavy (non-hydrogen) atoms. The molecule has 0 fully saturated rings. The lowest BCUT2D eigenvalue weighted by Gasteiger charge is -2.19.